The summed E-state index contributed by atoms with van der Waals surface area (Å²) >= 11 is 0. The number of hydrogen-bond acceptors (Lipinski definition) is 4. The van der Waals surface area contributed by atoms with Crippen LogP contribution in [-0.2, 0) is 0 Å². The van der Waals surface area contributed by atoms with Gasteiger partial charge in [-0.25, -0.2) is 4.79 Å². The van der Waals surface area contributed by atoms with Crippen LogP contribution in [0.1, 0.15) is 19.8 Å². The number of para-hydroxylation sites is 1. The Kier molecular flexibility index (Phi) is 4.07. The Bertz CT molecular complexity index is 532. The molecule has 0 saturated carbocycles. The highest BCUT2D eigenvalue weighted by molar-refractivity contribution is 5.93. The molecule has 1 aromatic carbocycles. The molecule has 20 heavy (non-hydrogen) atoms. The maximum Gasteiger partial charge on any atom is 0.322 e. The van der Waals surface area contributed by atoms with Gasteiger partial charge in [0.05, 0.1) is 4.92 Å². The van der Waals surface area contributed by atoms with E-state index in [1.54, 1.807) is 4.90 Å². The molecule has 0 aromatic heterocycles. The van der Waals surface area contributed by atoms with Crippen LogP contribution < -0.4 is 5.32 Å². The quantitative estimate of drug-likeness (QED) is 0.494. The van der Waals surface area contributed by atoms with Gasteiger partial charge in [-0.05, 0) is 24.8 Å². The number of nitro groups is 1. The molecule has 1 saturated heterocycles. The number of likely N-dealkylation sites (tertiary alicyclic amines) is 1. The molecule has 1 aliphatic heterocycles. The van der Waals surface area contributed by atoms with E-state index in [1.807, 2.05) is 0 Å². The van der Waals surface area contributed by atoms with E-state index >= 15 is 0 Å². The monoisotopic (exact) mass is 279 g/mol. The minimum Gasteiger partial charge on any atom is -0.505 e. The molecule has 1 atom stereocenters. The molecule has 2 amide bonds. The topological polar surface area (TPSA) is 95.7 Å². The molecular weight excluding hydrogens is 262 g/mol. The average molecular weight is 279 g/mol. The van der Waals surface area contributed by atoms with Crippen LogP contribution in [0, 0.1) is 16.0 Å². The van der Waals surface area contributed by atoms with Crippen molar-refractivity contribution in [3.8, 4) is 5.75 Å². The minimum absolute atomic E-state index is 0.152. The van der Waals surface area contributed by atoms with Crippen LogP contribution in [0.4, 0.5) is 16.2 Å². The number of carbonyl (C=O) groups is 1. The van der Waals surface area contributed by atoms with Gasteiger partial charge in [-0.15, -0.1) is 0 Å². The van der Waals surface area contributed by atoms with Gasteiger partial charge in [0.2, 0.25) is 0 Å². The van der Waals surface area contributed by atoms with Gasteiger partial charge in [0.15, 0.2) is 5.69 Å². The fraction of sp³-hybridized carbons (Fsp3) is 0.462. The summed E-state index contributed by atoms with van der Waals surface area (Å²) in [4.78, 5) is 24.0. The Morgan fingerprint density at radius 3 is 2.95 bits per heavy atom. The molecule has 1 fully saturated rings. The number of nitrogens with one attached hydrogen (secondary N) is 1. The maximum atomic E-state index is 12.1. The summed E-state index contributed by atoms with van der Waals surface area (Å²) in [6.45, 7) is 3.30. The zero-order valence-electron chi connectivity index (χ0n) is 11.2. The molecule has 1 aromatic rings. The smallest absolute Gasteiger partial charge is 0.322 e. The predicted molar refractivity (Wildman–Crippen MR) is 73.8 cm³/mol. The van der Waals surface area contributed by atoms with E-state index in [9.17, 15) is 20.0 Å². The maximum absolute atomic E-state index is 12.1. The normalized spacial score (nSPS) is 18.6. The lowest BCUT2D eigenvalue weighted by Gasteiger charge is -2.30. The van der Waals surface area contributed by atoms with Gasteiger partial charge in [-0.2, -0.15) is 0 Å². The van der Waals surface area contributed by atoms with Gasteiger partial charge in [-0.3, -0.25) is 15.4 Å². The zero-order valence-corrected chi connectivity index (χ0v) is 11.2. The van der Waals surface area contributed by atoms with Gasteiger partial charge < -0.3 is 10.0 Å². The number of carbonyl (C=O) groups excluding carboxylic acids is 1. The second-order valence-electron chi connectivity index (χ2n) is 5.05. The van der Waals surface area contributed by atoms with Crippen LogP contribution in [0.2, 0.25) is 0 Å². The number of aromatic hydroxyl groups is 1. The van der Waals surface area contributed by atoms with Gasteiger partial charge >= 0.3 is 6.03 Å². The summed E-state index contributed by atoms with van der Waals surface area (Å²) in [5.74, 6) is 0.103. The van der Waals surface area contributed by atoms with Crippen LogP contribution in [0.15, 0.2) is 18.2 Å². The van der Waals surface area contributed by atoms with Crippen molar-refractivity contribution in [3.63, 3.8) is 0 Å². The first-order valence-electron chi connectivity index (χ1n) is 6.51. The molecule has 1 aliphatic rings. The van der Waals surface area contributed by atoms with Gasteiger partial charge in [-0.1, -0.05) is 13.0 Å². The molecule has 108 valence electrons. The molecule has 2 N–H and O–H groups in total. The second kappa shape index (κ2) is 5.77. The van der Waals surface area contributed by atoms with Crippen LogP contribution in [0.5, 0.6) is 5.75 Å². The average Bonchev–Trinajstić information content (AvgIpc) is 2.40. The highest BCUT2D eigenvalue weighted by Gasteiger charge is 2.25. The summed E-state index contributed by atoms with van der Waals surface area (Å²) in [5, 5.41) is 23.1. The number of phenols is 1. The first-order valence-corrected chi connectivity index (χ1v) is 6.51. The summed E-state index contributed by atoms with van der Waals surface area (Å²) in [7, 11) is 0. The van der Waals surface area contributed by atoms with Crippen molar-refractivity contribution in [3.05, 3.63) is 28.3 Å². The summed E-state index contributed by atoms with van der Waals surface area (Å²) in [5.41, 5.74) is -0.468. The minimum atomic E-state index is -0.631. The van der Waals surface area contributed by atoms with Crippen molar-refractivity contribution < 1.29 is 14.8 Å². The first kappa shape index (κ1) is 14.1. The van der Waals surface area contributed by atoms with Crippen molar-refractivity contribution >= 4 is 17.4 Å². The van der Waals surface area contributed by atoms with Gasteiger partial charge in [0, 0.05) is 19.2 Å². The molecule has 0 spiro atoms. The number of amides is 2. The third kappa shape index (κ3) is 2.98. The lowest BCUT2D eigenvalue weighted by molar-refractivity contribution is -0.384. The van der Waals surface area contributed by atoms with Crippen molar-refractivity contribution in [2.75, 3.05) is 18.4 Å². The number of piperidine rings is 1. The zero-order chi connectivity index (χ0) is 14.7. The molecular formula is C13H17N3O4. The third-order valence-electron chi connectivity index (χ3n) is 3.39. The van der Waals surface area contributed by atoms with Crippen molar-refractivity contribution in [1.82, 2.24) is 4.90 Å². The Labute approximate surface area is 116 Å². The first-order chi connectivity index (χ1) is 9.49. The number of phenolic OH excluding ortho intramolecular Hbond substituents is 1. The summed E-state index contributed by atoms with van der Waals surface area (Å²) < 4.78 is 0. The van der Waals surface area contributed by atoms with E-state index in [0.717, 1.165) is 12.8 Å². The molecule has 7 nitrogen and oxygen atoms in total. The number of nitro benzene ring substituents is 1. The van der Waals surface area contributed by atoms with Crippen molar-refractivity contribution in [1.29, 1.82) is 0 Å². The molecule has 1 heterocycles. The second-order valence-corrected chi connectivity index (χ2v) is 5.05. The molecule has 2 rings (SSSR count). The molecule has 7 heteroatoms. The summed E-state index contributed by atoms with van der Waals surface area (Å²) in [6.07, 6.45) is 1.98. The van der Waals surface area contributed by atoms with E-state index in [0.29, 0.717) is 19.0 Å². The number of benzene rings is 1. The number of nitrogens with zero attached hydrogens (tertiary/aromatic N) is 2. The fourth-order valence-corrected chi connectivity index (χ4v) is 2.37. The van der Waals surface area contributed by atoms with Crippen LogP contribution in [-0.4, -0.2) is 34.1 Å². The van der Waals surface area contributed by atoms with Crippen molar-refractivity contribution in [2.24, 2.45) is 5.92 Å². The number of urea groups is 1. The number of hydrogen-bond donors (Lipinski definition) is 2. The number of rotatable bonds is 2. The Morgan fingerprint density at radius 2 is 2.30 bits per heavy atom. The van der Waals surface area contributed by atoms with Crippen LogP contribution >= 0.6 is 0 Å². The van der Waals surface area contributed by atoms with E-state index in [1.165, 1.54) is 18.2 Å². The van der Waals surface area contributed by atoms with E-state index in [2.05, 4.69) is 12.2 Å². The summed E-state index contributed by atoms with van der Waals surface area (Å²) in [6, 6.07) is 3.50. The van der Waals surface area contributed by atoms with E-state index < -0.39 is 11.0 Å². The largest absolute Gasteiger partial charge is 0.505 e. The lowest BCUT2D eigenvalue weighted by atomic mass is 10.0. The predicted octanol–water partition coefficient (Wildman–Crippen LogP) is 2.56. The van der Waals surface area contributed by atoms with Gasteiger partial charge in [0.25, 0.3) is 5.69 Å². The van der Waals surface area contributed by atoms with Gasteiger partial charge in [0.1, 0.15) is 5.75 Å². The number of anilines is 1. The third-order valence-corrected chi connectivity index (χ3v) is 3.39. The van der Waals surface area contributed by atoms with Crippen molar-refractivity contribution in [2.45, 2.75) is 19.8 Å². The Hall–Kier alpha value is -2.31. The molecule has 1 unspecified atom stereocenters. The SMILES string of the molecule is CC1CCCN(C(=O)Nc2c(O)cccc2[N+](=O)[O-])C1. The van der Waals surface area contributed by atoms with E-state index in [4.69, 9.17) is 0 Å². The molecule has 0 bridgehead atoms. The van der Waals surface area contributed by atoms with Crippen LogP contribution in [0.3, 0.4) is 0 Å². The Morgan fingerprint density at radius 1 is 1.55 bits per heavy atom. The molecule has 0 radical (unpaired) electrons. The highest BCUT2D eigenvalue weighted by atomic mass is 16.6. The lowest BCUT2D eigenvalue weighted by Crippen LogP contribution is -2.41. The van der Waals surface area contributed by atoms with Crippen LogP contribution in [0.25, 0.3) is 0 Å². The standard InChI is InChI=1S/C13H17N3O4/c1-9-4-3-7-15(8-9)13(18)14-12-10(16(19)20)5-2-6-11(12)17/h2,5-6,9,17H,3-4,7-8H2,1H3,(H,14,18). The molecule has 0 aliphatic carbocycles. The fourth-order valence-electron chi connectivity index (χ4n) is 2.37. The van der Waals surface area contributed by atoms with E-state index in [-0.39, 0.29) is 17.1 Å². The highest BCUT2D eigenvalue weighted by Crippen LogP contribution is 2.33. The Balaban J connectivity index is 2.17.